The zero-order valence-electron chi connectivity index (χ0n) is 22.3. The average Bonchev–Trinajstić information content (AvgIpc) is 3.44. The van der Waals surface area contributed by atoms with Gasteiger partial charge in [-0.05, 0) is 50.9 Å². The number of carbonyl (C=O) groups excluding carboxylic acids is 4. The van der Waals surface area contributed by atoms with E-state index in [0.29, 0.717) is 25.4 Å². The zero-order valence-corrected chi connectivity index (χ0v) is 22.3. The van der Waals surface area contributed by atoms with Crippen LogP contribution in [0.25, 0.3) is 0 Å². The Morgan fingerprint density at radius 1 is 1.24 bits per heavy atom. The number of piperidine rings is 1. The summed E-state index contributed by atoms with van der Waals surface area (Å²) in [5.74, 6) is -0.112. The summed E-state index contributed by atoms with van der Waals surface area (Å²) in [6.45, 7) is 10.8. The molecule has 3 unspecified atom stereocenters. The van der Waals surface area contributed by atoms with Gasteiger partial charge in [0.2, 0.25) is 11.9 Å². The Morgan fingerprint density at radius 3 is 2.65 bits per heavy atom. The van der Waals surface area contributed by atoms with Crippen LogP contribution in [0.1, 0.15) is 60.3 Å². The van der Waals surface area contributed by atoms with E-state index in [-0.39, 0.29) is 51.8 Å². The van der Waals surface area contributed by atoms with Crippen LogP contribution in [0.3, 0.4) is 0 Å². The molecular weight excluding hydrogens is 474 g/mol. The first-order valence-corrected chi connectivity index (χ1v) is 13.7. The standard InChI is InChI=1S/C27H37N5O5/c1-26(2,3)37-25(36)30-17-8-6-7-13-11-29-22(33)15(13)9-14(10-28)32-20(17)21(32)23(34)31-12-16-18(27(16,4)5)19(31)24(32)35/h13-21H,6-9,11-12H2,1-5H3,(H-,29,30,33,36)/p+1/t13-,14-,15-,16-,17-,18-,19-,20?,21?,32?/m0/s1. The third kappa shape index (κ3) is 3.32. The van der Waals surface area contributed by atoms with Crippen molar-refractivity contribution < 1.29 is 28.4 Å². The van der Waals surface area contributed by atoms with E-state index in [4.69, 9.17) is 4.74 Å². The number of nitriles is 1. The van der Waals surface area contributed by atoms with Gasteiger partial charge in [0.15, 0.2) is 18.1 Å². The van der Waals surface area contributed by atoms with E-state index in [0.717, 1.165) is 12.8 Å². The highest BCUT2D eigenvalue weighted by Gasteiger charge is 2.88. The molecule has 5 aliphatic heterocycles. The van der Waals surface area contributed by atoms with Gasteiger partial charge in [-0.3, -0.25) is 9.59 Å². The summed E-state index contributed by atoms with van der Waals surface area (Å²) in [7, 11) is 0. The predicted molar refractivity (Wildman–Crippen MR) is 130 cm³/mol. The second-order valence-corrected chi connectivity index (χ2v) is 13.7. The van der Waals surface area contributed by atoms with Crippen molar-refractivity contribution in [2.45, 2.75) is 96.1 Å². The molecule has 4 amide bonds. The smallest absolute Gasteiger partial charge is 0.408 e. The normalized spacial score (nSPS) is 45.2. The molecule has 1 aliphatic carbocycles. The minimum Gasteiger partial charge on any atom is -0.444 e. The molecule has 0 aromatic carbocycles. The van der Waals surface area contributed by atoms with Gasteiger partial charge in [-0.15, -0.1) is 0 Å². The van der Waals surface area contributed by atoms with E-state index in [9.17, 15) is 24.4 Å². The quantitative estimate of drug-likeness (QED) is 0.403. The largest absolute Gasteiger partial charge is 0.444 e. The number of alkyl carbamates (subject to hydrolysis) is 1. The van der Waals surface area contributed by atoms with Crippen molar-refractivity contribution in [1.82, 2.24) is 15.5 Å². The molecule has 5 heterocycles. The molecule has 1 saturated carbocycles. The minimum absolute atomic E-state index is 0.0163. The number of nitrogens with one attached hydrogen (secondary N) is 2. The van der Waals surface area contributed by atoms with Crippen LogP contribution in [0.15, 0.2) is 0 Å². The number of amides is 4. The summed E-state index contributed by atoms with van der Waals surface area (Å²) in [5.41, 5.74) is -0.709. The molecule has 10 atom stereocenters. The maximum Gasteiger partial charge on any atom is 0.408 e. The maximum atomic E-state index is 14.5. The van der Waals surface area contributed by atoms with Gasteiger partial charge in [0, 0.05) is 31.3 Å². The van der Waals surface area contributed by atoms with Crippen LogP contribution in [-0.4, -0.2) is 82.1 Å². The summed E-state index contributed by atoms with van der Waals surface area (Å²) >= 11 is 0. The third-order valence-electron chi connectivity index (χ3n) is 10.4. The Kier molecular flexibility index (Phi) is 5.12. The number of hydrogen-bond donors (Lipinski definition) is 2. The lowest BCUT2D eigenvalue weighted by Crippen LogP contribution is -2.64. The van der Waals surface area contributed by atoms with E-state index in [1.165, 1.54) is 0 Å². The Labute approximate surface area is 217 Å². The summed E-state index contributed by atoms with van der Waals surface area (Å²) in [5, 5.41) is 16.4. The van der Waals surface area contributed by atoms with Gasteiger partial charge in [-0.2, -0.15) is 5.26 Å². The Hall–Kier alpha value is -2.67. The monoisotopic (exact) mass is 512 g/mol. The fourth-order valence-electron chi connectivity index (χ4n) is 8.53. The van der Waals surface area contributed by atoms with Gasteiger partial charge < -0.3 is 20.3 Å². The molecule has 0 radical (unpaired) electrons. The first-order chi connectivity index (χ1) is 17.3. The summed E-state index contributed by atoms with van der Waals surface area (Å²) < 4.78 is 5.30. The van der Waals surface area contributed by atoms with Crippen molar-refractivity contribution in [2.24, 2.45) is 29.1 Å². The summed E-state index contributed by atoms with van der Waals surface area (Å²) in [6.07, 6.45) is 1.75. The summed E-state index contributed by atoms with van der Waals surface area (Å²) in [6, 6.07) is -0.670. The number of ether oxygens (including phenoxy) is 1. The molecule has 6 fully saturated rings. The van der Waals surface area contributed by atoms with Crippen molar-refractivity contribution >= 4 is 23.8 Å². The highest BCUT2D eigenvalue weighted by atomic mass is 16.6. The lowest BCUT2D eigenvalue weighted by molar-refractivity contribution is -0.769. The van der Waals surface area contributed by atoms with Crippen LogP contribution in [0.4, 0.5) is 4.79 Å². The second-order valence-electron chi connectivity index (χ2n) is 13.7. The first-order valence-electron chi connectivity index (χ1n) is 13.7. The topological polar surface area (TPSA) is 129 Å². The van der Waals surface area contributed by atoms with Gasteiger partial charge in [-0.1, -0.05) is 20.3 Å². The second kappa shape index (κ2) is 7.68. The van der Waals surface area contributed by atoms with Crippen molar-refractivity contribution in [1.29, 1.82) is 5.26 Å². The van der Waals surface area contributed by atoms with Crippen LogP contribution in [0.5, 0.6) is 0 Å². The van der Waals surface area contributed by atoms with Crippen LogP contribution in [0.2, 0.25) is 0 Å². The van der Waals surface area contributed by atoms with Crippen molar-refractivity contribution in [3.63, 3.8) is 0 Å². The molecule has 37 heavy (non-hydrogen) atoms. The van der Waals surface area contributed by atoms with E-state index in [1.54, 1.807) is 25.7 Å². The molecule has 10 heteroatoms. The molecular formula is C27H38N5O5+. The van der Waals surface area contributed by atoms with Crippen molar-refractivity contribution in [3.05, 3.63) is 0 Å². The molecule has 5 saturated heterocycles. The van der Waals surface area contributed by atoms with Gasteiger partial charge in [-0.25, -0.2) is 14.1 Å². The molecule has 10 nitrogen and oxygen atoms in total. The first kappa shape index (κ1) is 24.7. The molecule has 1 spiro atoms. The van der Waals surface area contributed by atoms with Crippen LogP contribution in [-0.2, 0) is 19.1 Å². The fraction of sp³-hybridized carbons (Fsp3) is 0.815. The minimum atomic E-state index is -0.813. The van der Waals surface area contributed by atoms with E-state index in [1.807, 2.05) is 0 Å². The molecule has 200 valence electrons. The molecule has 0 aromatic heterocycles. The van der Waals surface area contributed by atoms with Crippen LogP contribution >= 0.6 is 0 Å². The predicted octanol–water partition coefficient (Wildman–Crippen LogP) is 1.30. The highest BCUT2D eigenvalue weighted by molar-refractivity contribution is 5.98. The molecule has 0 aromatic rings. The SMILES string of the molecule is CC(C)(C)OC(=O)N[C@H]1CCC[C@H]2CNC(=O)[C@H]2C[C@@H](C#N)[N+]23C(=O)[C@@H]4[C@@H]5[C@H](CN4C(=O)C2C13)C5(C)C. The maximum absolute atomic E-state index is 14.5. The Balaban J connectivity index is 1.40. The number of quaternary nitrogens is 1. The third-order valence-corrected chi connectivity index (χ3v) is 10.4. The van der Waals surface area contributed by atoms with Crippen LogP contribution < -0.4 is 10.6 Å². The highest BCUT2D eigenvalue weighted by Crippen LogP contribution is 2.68. The molecule has 6 rings (SSSR count). The summed E-state index contributed by atoms with van der Waals surface area (Å²) in [4.78, 5) is 55.9. The number of carbonyl (C=O) groups is 4. The van der Waals surface area contributed by atoms with Gasteiger partial charge in [0.25, 0.3) is 5.91 Å². The lowest BCUT2D eigenvalue weighted by atomic mass is 9.84. The van der Waals surface area contributed by atoms with E-state index >= 15 is 0 Å². The van der Waals surface area contributed by atoms with Crippen molar-refractivity contribution in [3.8, 4) is 6.07 Å². The van der Waals surface area contributed by atoms with Crippen LogP contribution in [0, 0.1) is 40.4 Å². The van der Waals surface area contributed by atoms with Gasteiger partial charge in [0.1, 0.15) is 11.7 Å². The Morgan fingerprint density at radius 2 is 1.97 bits per heavy atom. The molecule has 0 bridgehead atoms. The number of rotatable bonds is 1. The number of fused-ring (bicyclic) bond motifs is 5. The number of nitrogens with zero attached hydrogens (tertiary/aromatic N) is 3. The average molecular weight is 513 g/mol. The number of piperazine rings is 1. The molecule has 6 aliphatic rings. The fourth-order valence-corrected chi connectivity index (χ4v) is 8.53. The van der Waals surface area contributed by atoms with E-state index < -0.39 is 41.9 Å². The lowest BCUT2D eigenvalue weighted by Gasteiger charge is -2.38. The Bertz CT molecular complexity index is 1120. The van der Waals surface area contributed by atoms with Gasteiger partial charge >= 0.3 is 12.0 Å². The van der Waals surface area contributed by atoms with Gasteiger partial charge in [0.05, 0.1) is 6.04 Å². The number of hydrogen-bond acceptors (Lipinski definition) is 6. The zero-order chi connectivity index (χ0) is 26.7. The molecule has 2 N–H and O–H groups in total. The van der Waals surface area contributed by atoms with E-state index in [2.05, 4.69) is 30.6 Å². The van der Waals surface area contributed by atoms with Crippen molar-refractivity contribution in [2.75, 3.05) is 13.1 Å².